The van der Waals surface area contributed by atoms with E-state index in [4.69, 9.17) is 0 Å². The second-order valence-electron chi connectivity index (χ2n) is 4.02. The van der Waals surface area contributed by atoms with Crippen molar-refractivity contribution < 1.29 is 9.31 Å². The van der Waals surface area contributed by atoms with Crippen LogP contribution in [0.15, 0.2) is 12.1 Å². The van der Waals surface area contributed by atoms with Crippen molar-refractivity contribution in [3.05, 3.63) is 33.6 Å². The maximum absolute atomic E-state index is 13.9. The summed E-state index contributed by atoms with van der Waals surface area (Å²) in [5, 5.41) is 10.9. The van der Waals surface area contributed by atoms with Gasteiger partial charge in [0, 0.05) is 19.2 Å². The Morgan fingerprint density at radius 2 is 2.00 bits per heavy atom. The summed E-state index contributed by atoms with van der Waals surface area (Å²) in [5.41, 5.74) is 0.472. The molecule has 4 nitrogen and oxygen atoms in total. The molecule has 0 spiro atoms. The second-order valence-corrected chi connectivity index (χ2v) is 4.02. The lowest BCUT2D eigenvalue weighted by Gasteiger charge is -2.18. The zero-order valence-corrected chi connectivity index (χ0v) is 9.07. The number of aryl methyl sites for hydroxylation is 1. The van der Waals surface area contributed by atoms with Crippen molar-refractivity contribution in [3.63, 3.8) is 0 Å². The lowest BCUT2D eigenvalue weighted by Crippen LogP contribution is -2.20. The summed E-state index contributed by atoms with van der Waals surface area (Å²) in [5.74, 6) is -0.462. The highest BCUT2D eigenvalue weighted by Gasteiger charge is 2.26. The molecule has 0 N–H and O–H groups in total. The first-order valence-electron chi connectivity index (χ1n) is 5.29. The van der Waals surface area contributed by atoms with Crippen LogP contribution in [0.1, 0.15) is 18.4 Å². The minimum Gasteiger partial charge on any atom is -0.364 e. The topological polar surface area (TPSA) is 46.4 Å². The molecular weight excluding hydrogens is 211 g/mol. The Kier molecular flexibility index (Phi) is 2.77. The van der Waals surface area contributed by atoms with E-state index in [1.54, 1.807) is 11.8 Å². The Labute approximate surface area is 92.8 Å². The number of anilines is 1. The molecule has 0 radical (unpaired) electrons. The van der Waals surface area contributed by atoms with Crippen LogP contribution in [0.2, 0.25) is 0 Å². The van der Waals surface area contributed by atoms with Crippen LogP contribution in [-0.4, -0.2) is 18.0 Å². The smallest absolute Gasteiger partial charge is 0.295 e. The third kappa shape index (κ3) is 1.73. The molecule has 5 heteroatoms. The van der Waals surface area contributed by atoms with Gasteiger partial charge >= 0.3 is 0 Å². The van der Waals surface area contributed by atoms with Gasteiger partial charge in [0.2, 0.25) is 0 Å². The molecule has 0 atom stereocenters. The van der Waals surface area contributed by atoms with Crippen molar-refractivity contribution in [1.82, 2.24) is 0 Å². The first-order chi connectivity index (χ1) is 7.61. The van der Waals surface area contributed by atoms with E-state index in [-0.39, 0.29) is 11.4 Å². The Balaban J connectivity index is 2.53. The Morgan fingerprint density at radius 3 is 2.56 bits per heavy atom. The monoisotopic (exact) mass is 224 g/mol. The lowest BCUT2D eigenvalue weighted by atomic mass is 10.1. The van der Waals surface area contributed by atoms with E-state index in [0.29, 0.717) is 18.7 Å². The van der Waals surface area contributed by atoms with Gasteiger partial charge < -0.3 is 4.90 Å². The fourth-order valence-electron chi connectivity index (χ4n) is 2.04. The normalized spacial score (nSPS) is 15.5. The molecule has 86 valence electrons. The first-order valence-corrected chi connectivity index (χ1v) is 5.29. The molecule has 1 aromatic carbocycles. The molecule has 1 heterocycles. The Hall–Kier alpha value is -1.65. The highest BCUT2D eigenvalue weighted by molar-refractivity contribution is 5.66. The van der Waals surface area contributed by atoms with Crippen molar-refractivity contribution >= 4 is 11.4 Å². The predicted octanol–water partition coefficient (Wildman–Crippen LogP) is 2.64. The molecular formula is C11H13FN2O2. The van der Waals surface area contributed by atoms with E-state index in [1.807, 2.05) is 0 Å². The maximum atomic E-state index is 13.9. The quantitative estimate of drug-likeness (QED) is 0.573. The van der Waals surface area contributed by atoms with Gasteiger partial charge in [0.25, 0.3) is 5.69 Å². The van der Waals surface area contributed by atoms with Crippen molar-refractivity contribution in [2.45, 2.75) is 19.8 Å². The average Bonchev–Trinajstić information content (AvgIpc) is 2.74. The minimum absolute atomic E-state index is 0.134. The average molecular weight is 224 g/mol. The van der Waals surface area contributed by atoms with Crippen LogP contribution in [0.4, 0.5) is 15.8 Å². The van der Waals surface area contributed by atoms with Crippen LogP contribution in [0, 0.1) is 22.9 Å². The number of rotatable bonds is 2. The number of nitrogens with zero attached hydrogens (tertiary/aromatic N) is 2. The molecule has 2 rings (SSSR count). The van der Waals surface area contributed by atoms with E-state index in [9.17, 15) is 14.5 Å². The zero-order chi connectivity index (χ0) is 11.7. The number of hydrogen-bond donors (Lipinski definition) is 0. The third-order valence-corrected chi connectivity index (χ3v) is 2.91. The summed E-state index contributed by atoms with van der Waals surface area (Å²) in [4.78, 5) is 12.1. The van der Waals surface area contributed by atoms with Gasteiger partial charge in [-0.2, -0.15) is 0 Å². The fourth-order valence-corrected chi connectivity index (χ4v) is 2.04. The summed E-state index contributed by atoms with van der Waals surface area (Å²) in [6.45, 7) is 3.01. The van der Waals surface area contributed by atoms with Crippen LogP contribution in [0.5, 0.6) is 0 Å². The van der Waals surface area contributed by atoms with Crippen molar-refractivity contribution in [2.24, 2.45) is 0 Å². The van der Waals surface area contributed by atoms with E-state index >= 15 is 0 Å². The lowest BCUT2D eigenvalue weighted by molar-refractivity contribution is -0.384. The number of hydrogen-bond acceptors (Lipinski definition) is 3. The van der Waals surface area contributed by atoms with Crippen LogP contribution >= 0.6 is 0 Å². The minimum atomic E-state index is -0.518. The molecule has 1 saturated heterocycles. The van der Waals surface area contributed by atoms with Crippen LogP contribution in [0.25, 0.3) is 0 Å². The molecule has 0 bridgehead atoms. The van der Waals surface area contributed by atoms with Gasteiger partial charge in [-0.3, -0.25) is 10.1 Å². The SMILES string of the molecule is Cc1ccc([N+](=O)[O-])c(N2CCCC2)c1F. The fraction of sp³-hybridized carbons (Fsp3) is 0.455. The third-order valence-electron chi connectivity index (χ3n) is 2.91. The van der Waals surface area contributed by atoms with Gasteiger partial charge in [-0.15, -0.1) is 0 Å². The van der Waals surface area contributed by atoms with Gasteiger partial charge in [0.05, 0.1) is 4.92 Å². The van der Waals surface area contributed by atoms with E-state index in [2.05, 4.69) is 0 Å². The second kappa shape index (κ2) is 4.08. The molecule has 0 unspecified atom stereocenters. The number of nitro benzene ring substituents is 1. The largest absolute Gasteiger partial charge is 0.364 e. The molecule has 1 aliphatic rings. The standard InChI is InChI=1S/C11H13FN2O2/c1-8-4-5-9(14(15)16)11(10(8)12)13-6-2-3-7-13/h4-5H,2-3,6-7H2,1H3. The first kappa shape index (κ1) is 10.9. The molecule has 1 aromatic rings. The van der Waals surface area contributed by atoms with Gasteiger partial charge in [0.1, 0.15) is 0 Å². The molecule has 0 aliphatic carbocycles. The number of halogens is 1. The Morgan fingerprint density at radius 1 is 1.38 bits per heavy atom. The summed E-state index contributed by atoms with van der Waals surface area (Å²) >= 11 is 0. The highest BCUT2D eigenvalue weighted by Crippen LogP contribution is 2.34. The molecule has 0 amide bonds. The zero-order valence-electron chi connectivity index (χ0n) is 9.07. The van der Waals surface area contributed by atoms with Crippen molar-refractivity contribution in [2.75, 3.05) is 18.0 Å². The van der Waals surface area contributed by atoms with E-state index in [0.717, 1.165) is 12.8 Å². The summed E-state index contributed by atoms with van der Waals surface area (Å²) < 4.78 is 13.9. The van der Waals surface area contributed by atoms with Crippen LogP contribution in [0.3, 0.4) is 0 Å². The molecule has 1 fully saturated rings. The van der Waals surface area contributed by atoms with E-state index in [1.165, 1.54) is 12.1 Å². The summed E-state index contributed by atoms with van der Waals surface area (Å²) in [7, 11) is 0. The maximum Gasteiger partial charge on any atom is 0.295 e. The van der Waals surface area contributed by atoms with Crippen molar-refractivity contribution in [3.8, 4) is 0 Å². The van der Waals surface area contributed by atoms with Gasteiger partial charge in [-0.05, 0) is 31.4 Å². The number of nitro groups is 1. The molecule has 16 heavy (non-hydrogen) atoms. The van der Waals surface area contributed by atoms with Gasteiger partial charge in [-0.1, -0.05) is 0 Å². The molecule has 0 saturated carbocycles. The predicted molar refractivity (Wildman–Crippen MR) is 59.2 cm³/mol. The highest BCUT2D eigenvalue weighted by atomic mass is 19.1. The van der Waals surface area contributed by atoms with E-state index < -0.39 is 10.7 Å². The molecule has 0 aromatic heterocycles. The van der Waals surface area contributed by atoms with Crippen LogP contribution in [-0.2, 0) is 0 Å². The van der Waals surface area contributed by atoms with Gasteiger partial charge in [0.15, 0.2) is 11.5 Å². The summed E-state index contributed by atoms with van der Waals surface area (Å²) in [6.07, 6.45) is 1.93. The molecule has 1 aliphatic heterocycles. The van der Waals surface area contributed by atoms with Crippen LogP contribution < -0.4 is 4.90 Å². The Bertz CT molecular complexity index is 428. The van der Waals surface area contributed by atoms with Crippen molar-refractivity contribution in [1.29, 1.82) is 0 Å². The van der Waals surface area contributed by atoms with Gasteiger partial charge in [-0.25, -0.2) is 4.39 Å². The summed E-state index contributed by atoms with van der Waals surface area (Å²) in [6, 6.07) is 2.83. The number of benzene rings is 1.